The van der Waals surface area contributed by atoms with Gasteiger partial charge in [0, 0.05) is 26.2 Å². The van der Waals surface area contributed by atoms with Crippen LogP contribution in [0.1, 0.15) is 13.8 Å². The van der Waals surface area contributed by atoms with E-state index in [1.165, 1.54) is 6.33 Å². The van der Waals surface area contributed by atoms with Crippen molar-refractivity contribution in [3.05, 3.63) is 12.4 Å². The van der Waals surface area contributed by atoms with Crippen LogP contribution in [-0.2, 0) is 4.79 Å². The van der Waals surface area contributed by atoms with Crippen molar-refractivity contribution >= 4 is 17.5 Å². The summed E-state index contributed by atoms with van der Waals surface area (Å²) in [5, 5.41) is 5.90. The van der Waals surface area contributed by atoms with E-state index in [0.717, 1.165) is 18.9 Å². The third kappa shape index (κ3) is 3.90. The van der Waals surface area contributed by atoms with E-state index in [1.54, 1.807) is 18.0 Å². The minimum absolute atomic E-state index is 0.0691. The van der Waals surface area contributed by atoms with E-state index in [2.05, 4.69) is 20.6 Å². The average Bonchev–Trinajstić information content (AvgIpc) is 2.38. The molecule has 1 aromatic rings. The predicted molar refractivity (Wildman–Crippen MR) is 68.0 cm³/mol. The largest absolute Gasteiger partial charge is 0.373 e. The van der Waals surface area contributed by atoms with Gasteiger partial charge in [-0.1, -0.05) is 0 Å². The van der Waals surface area contributed by atoms with Gasteiger partial charge in [-0.2, -0.15) is 0 Å². The van der Waals surface area contributed by atoms with Gasteiger partial charge in [0.05, 0.1) is 6.54 Å². The quantitative estimate of drug-likeness (QED) is 0.765. The van der Waals surface area contributed by atoms with Crippen LogP contribution in [0.3, 0.4) is 0 Å². The molecule has 6 heteroatoms. The summed E-state index contributed by atoms with van der Waals surface area (Å²) in [5.74, 6) is 1.43. The Kier molecular flexibility index (Phi) is 5.19. The van der Waals surface area contributed by atoms with Crippen molar-refractivity contribution in [3.63, 3.8) is 0 Å². The van der Waals surface area contributed by atoms with Crippen LogP contribution in [-0.4, -0.2) is 47.5 Å². The number of aromatic nitrogens is 2. The van der Waals surface area contributed by atoms with Crippen LogP contribution in [0.2, 0.25) is 0 Å². The molecule has 0 bridgehead atoms. The Morgan fingerprint density at radius 2 is 1.94 bits per heavy atom. The number of anilines is 2. The van der Waals surface area contributed by atoms with E-state index < -0.39 is 0 Å². The minimum Gasteiger partial charge on any atom is -0.373 e. The highest BCUT2D eigenvalue weighted by Crippen LogP contribution is 2.07. The molecule has 94 valence electrons. The SMILES string of the molecule is CCN(CC)C(=O)CNc1cc(NC)ncn1. The van der Waals surface area contributed by atoms with Crippen molar-refractivity contribution in [1.29, 1.82) is 0 Å². The van der Waals surface area contributed by atoms with Gasteiger partial charge in [-0.15, -0.1) is 0 Å². The van der Waals surface area contributed by atoms with Crippen LogP contribution >= 0.6 is 0 Å². The summed E-state index contributed by atoms with van der Waals surface area (Å²) in [5.41, 5.74) is 0. The van der Waals surface area contributed by atoms with Gasteiger partial charge in [0.25, 0.3) is 0 Å². The Hall–Kier alpha value is -1.85. The van der Waals surface area contributed by atoms with Crippen molar-refractivity contribution in [2.24, 2.45) is 0 Å². The normalized spacial score (nSPS) is 9.82. The van der Waals surface area contributed by atoms with E-state index in [0.29, 0.717) is 5.82 Å². The van der Waals surface area contributed by atoms with Gasteiger partial charge in [0.15, 0.2) is 0 Å². The molecular formula is C11H19N5O. The van der Waals surface area contributed by atoms with Crippen LogP contribution < -0.4 is 10.6 Å². The third-order valence-corrected chi connectivity index (χ3v) is 2.46. The van der Waals surface area contributed by atoms with Crippen molar-refractivity contribution in [2.75, 3.05) is 37.3 Å². The lowest BCUT2D eigenvalue weighted by atomic mass is 10.4. The second-order valence-corrected chi connectivity index (χ2v) is 3.46. The number of hydrogen-bond acceptors (Lipinski definition) is 5. The van der Waals surface area contributed by atoms with Gasteiger partial charge in [0.1, 0.15) is 18.0 Å². The summed E-state index contributed by atoms with van der Waals surface area (Å²) in [6.07, 6.45) is 1.45. The van der Waals surface area contributed by atoms with Crippen molar-refractivity contribution < 1.29 is 4.79 Å². The smallest absolute Gasteiger partial charge is 0.241 e. The van der Waals surface area contributed by atoms with Crippen molar-refractivity contribution in [2.45, 2.75) is 13.8 Å². The van der Waals surface area contributed by atoms with Crippen LogP contribution in [0.15, 0.2) is 12.4 Å². The zero-order valence-corrected chi connectivity index (χ0v) is 10.5. The zero-order chi connectivity index (χ0) is 12.7. The molecule has 0 radical (unpaired) electrons. The number of hydrogen-bond donors (Lipinski definition) is 2. The first-order valence-corrected chi connectivity index (χ1v) is 5.72. The van der Waals surface area contributed by atoms with Gasteiger partial charge in [-0.05, 0) is 13.8 Å². The molecule has 0 atom stereocenters. The second-order valence-electron chi connectivity index (χ2n) is 3.46. The molecule has 0 spiro atoms. The second kappa shape index (κ2) is 6.67. The third-order valence-electron chi connectivity index (χ3n) is 2.46. The highest BCUT2D eigenvalue weighted by molar-refractivity contribution is 5.80. The number of rotatable bonds is 6. The molecule has 0 unspecified atom stereocenters. The Bertz CT molecular complexity index is 365. The monoisotopic (exact) mass is 237 g/mol. The van der Waals surface area contributed by atoms with Gasteiger partial charge in [-0.3, -0.25) is 4.79 Å². The summed E-state index contributed by atoms with van der Waals surface area (Å²) in [4.78, 5) is 21.5. The fraction of sp³-hybridized carbons (Fsp3) is 0.545. The molecule has 1 aromatic heterocycles. The van der Waals surface area contributed by atoms with E-state index >= 15 is 0 Å². The van der Waals surface area contributed by atoms with Gasteiger partial charge in [0.2, 0.25) is 5.91 Å². The lowest BCUT2D eigenvalue weighted by molar-refractivity contribution is -0.128. The number of nitrogens with zero attached hydrogens (tertiary/aromatic N) is 3. The first-order valence-electron chi connectivity index (χ1n) is 5.72. The highest BCUT2D eigenvalue weighted by atomic mass is 16.2. The maximum Gasteiger partial charge on any atom is 0.241 e. The lowest BCUT2D eigenvalue weighted by Gasteiger charge is -2.18. The van der Waals surface area contributed by atoms with E-state index in [9.17, 15) is 4.79 Å². The molecule has 1 amide bonds. The Labute approximate surface area is 101 Å². The van der Waals surface area contributed by atoms with Gasteiger partial charge >= 0.3 is 0 Å². The zero-order valence-electron chi connectivity index (χ0n) is 10.5. The van der Waals surface area contributed by atoms with Crippen LogP contribution in [0, 0.1) is 0 Å². The Morgan fingerprint density at radius 3 is 2.53 bits per heavy atom. The Balaban J connectivity index is 2.52. The van der Waals surface area contributed by atoms with E-state index in [-0.39, 0.29) is 12.5 Å². The molecule has 1 rings (SSSR count). The van der Waals surface area contributed by atoms with Crippen LogP contribution in [0.25, 0.3) is 0 Å². The molecule has 6 nitrogen and oxygen atoms in total. The van der Waals surface area contributed by atoms with Gasteiger partial charge in [-0.25, -0.2) is 9.97 Å². The van der Waals surface area contributed by atoms with Crippen LogP contribution in [0.4, 0.5) is 11.6 Å². The first-order chi connectivity index (χ1) is 8.21. The highest BCUT2D eigenvalue weighted by Gasteiger charge is 2.09. The van der Waals surface area contributed by atoms with E-state index in [4.69, 9.17) is 0 Å². The molecule has 0 saturated carbocycles. The molecule has 0 aliphatic heterocycles. The first kappa shape index (κ1) is 13.2. The fourth-order valence-electron chi connectivity index (χ4n) is 1.44. The molecule has 2 N–H and O–H groups in total. The summed E-state index contributed by atoms with van der Waals surface area (Å²) in [6.45, 7) is 5.63. The van der Waals surface area contributed by atoms with Crippen molar-refractivity contribution in [1.82, 2.24) is 14.9 Å². The van der Waals surface area contributed by atoms with Gasteiger partial charge < -0.3 is 15.5 Å². The molecular weight excluding hydrogens is 218 g/mol. The Morgan fingerprint density at radius 1 is 1.29 bits per heavy atom. The number of likely N-dealkylation sites (N-methyl/N-ethyl adjacent to an activating group) is 1. The molecule has 0 aliphatic rings. The molecule has 1 heterocycles. The summed E-state index contributed by atoms with van der Waals surface area (Å²) in [6, 6.07) is 1.76. The van der Waals surface area contributed by atoms with Crippen LogP contribution in [0.5, 0.6) is 0 Å². The number of carbonyl (C=O) groups excluding carboxylic acids is 1. The predicted octanol–water partition coefficient (Wildman–Crippen LogP) is 0.799. The maximum atomic E-state index is 11.7. The summed E-state index contributed by atoms with van der Waals surface area (Å²) in [7, 11) is 1.78. The standard InChI is InChI=1S/C11H19N5O/c1-4-16(5-2)11(17)7-13-10-6-9(12-3)14-8-15-10/h6,8H,4-5,7H2,1-3H3,(H2,12,13,14,15). The molecule has 0 fully saturated rings. The molecule has 0 aromatic carbocycles. The maximum absolute atomic E-state index is 11.7. The lowest BCUT2D eigenvalue weighted by Crippen LogP contribution is -2.35. The molecule has 0 saturated heterocycles. The summed E-state index contributed by atoms with van der Waals surface area (Å²) < 4.78 is 0. The van der Waals surface area contributed by atoms with Crippen molar-refractivity contribution in [3.8, 4) is 0 Å². The summed E-state index contributed by atoms with van der Waals surface area (Å²) >= 11 is 0. The average molecular weight is 237 g/mol. The molecule has 0 aliphatic carbocycles. The number of amides is 1. The number of carbonyl (C=O) groups is 1. The van der Waals surface area contributed by atoms with E-state index in [1.807, 2.05) is 13.8 Å². The molecule has 17 heavy (non-hydrogen) atoms. The fourth-order valence-corrected chi connectivity index (χ4v) is 1.44. The topological polar surface area (TPSA) is 70.2 Å². The minimum atomic E-state index is 0.0691. The number of nitrogens with one attached hydrogen (secondary N) is 2.